The molecule has 0 atom stereocenters. The molecule has 106 valence electrons. The third kappa shape index (κ3) is 3.37. The van der Waals surface area contributed by atoms with Gasteiger partial charge in [0.1, 0.15) is 0 Å². The lowest BCUT2D eigenvalue weighted by Gasteiger charge is -2.08. The fraction of sp³-hybridized carbons (Fsp3) is 0.222. The van der Waals surface area contributed by atoms with E-state index in [4.69, 9.17) is 0 Å². The van der Waals surface area contributed by atoms with Gasteiger partial charge >= 0.3 is 0 Å². The second-order valence-electron chi connectivity index (χ2n) is 5.21. The van der Waals surface area contributed by atoms with E-state index >= 15 is 0 Å². The lowest BCUT2D eigenvalue weighted by atomic mass is 10.0. The largest absolute Gasteiger partial charge is 0.297 e. The van der Waals surface area contributed by atoms with Crippen molar-refractivity contribution in [3.05, 3.63) is 60.2 Å². The van der Waals surface area contributed by atoms with Crippen molar-refractivity contribution in [1.82, 2.24) is 5.01 Å². The van der Waals surface area contributed by atoms with Gasteiger partial charge in [-0.05, 0) is 24.0 Å². The van der Waals surface area contributed by atoms with Gasteiger partial charge < -0.3 is 0 Å². The molecule has 0 N–H and O–H groups in total. The highest BCUT2D eigenvalue weighted by molar-refractivity contribution is 6.35. The molecule has 2 aromatic rings. The summed E-state index contributed by atoms with van der Waals surface area (Å²) in [6.45, 7) is 1.91. The number of rotatable bonds is 4. The minimum Gasteiger partial charge on any atom is -0.297 e. The van der Waals surface area contributed by atoms with Crippen LogP contribution < -0.4 is 0 Å². The molecule has 1 fully saturated rings. The van der Waals surface area contributed by atoms with Crippen molar-refractivity contribution in [2.45, 2.75) is 12.8 Å². The standard InChI is InChI=1S/C18H18N2O/c21-18(14-19-20-12-4-5-13-20)17-10-8-16(9-11-17)15-6-2-1-3-7-15/h1-3,6-11,14H,4-5,12-13H2/b19-14+. The fourth-order valence-electron chi connectivity index (χ4n) is 2.48. The Balaban J connectivity index is 1.70. The van der Waals surface area contributed by atoms with Gasteiger partial charge in [0.25, 0.3) is 0 Å². The van der Waals surface area contributed by atoms with Gasteiger partial charge in [-0.1, -0.05) is 54.6 Å². The SMILES string of the molecule is O=C(/C=N/N1CCCC1)c1ccc(-c2ccccc2)cc1. The Bertz CT molecular complexity index is 626. The molecule has 0 saturated carbocycles. The molecule has 0 amide bonds. The minimum atomic E-state index is -0.0403. The summed E-state index contributed by atoms with van der Waals surface area (Å²) in [5.41, 5.74) is 2.95. The van der Waals surface area contributed by atoms with Crippen molar-refractivity contribution < 1.29 is 4.79 Å². The molecule has 2 aromatic carbocycles. The smallest absolute Gasteiger partial charge is 0.205 e. The first-order chi connectivity index (χ1) is 10.3. The van der Waals surface area contributed by atoms with Gasteiger partial charge in [0, 0.05) is 18.7 Å². The molecule has 3 heteroatoms. The van der Waals surface area contributed by atoms with Crippen LogP contribution in [0.1, 0.15) is 23.2 Å². The van der Waals surface area contributed by atoms with Crippen LogP contribution in [0.4, 0.5) is 0 Å². The van der Waals surface area contributed by atoms with E-state index in [-0.39, 0.29) is 5.78 Å². The average Bonchev–Trinajstić information content (AvgIpc) is 3.07. The topological polar surface area (TPSA) is 32.7 Å². The molecule has 0 bridgehead atoms. The molecule has 0 unspecified atom stereocenters. The Kier molecular flexibility index (Phi) is 4.10. The predicted molar refractivity (Wildman–Crippen MR) is 85.5 cm³/mol. The van der Waals surface area contributed by atoms with E-state index < -0.39 is 0 Å². The number of ketones is 1. The Morgan fingerprint density at radius 2 is 1.52 bits per heavy atom. The van der Waals surface area contributed by atoms with Crippen LogP contribution >= 0.6 is 0 Å². The van der Waals surface area contributed by atoms with Gasteiger partial charge in [0.2, 0.25) is 5.78 Å². The Hall–Kier alpha value is -2.42. The van der Waals surface area contributed by atoms with Gasteiger partial charge in [-0.15, -0.1) is 0 Å². The zero-order valence-electron chi connectivity index (χ0n) is 11.9. The van der Waals surface area contributed by atoms with Crippen LogP contribution in [-0.2, 0) is 0 Å². The maximum Gasteiger partial charge on any atom is 0.205 e. The molecular formula is C18H18N2O. The summed E-state index contributed by atoms with van der Waals surface area (Å²) in [6.07, 6.45) is 3.76. The molecule has 3 rings (SSSR count). The van der Waals surface area contributed by atoms with Gasteiger partial charge in [-0.2, -0.15) is 5.10 Å². The van der Waals surface area contributed by atoms with Crippen LogP contribution in [0, 0.1) is 0 Å². The minimum absolute atomic E-state index is 0.0403. The summed E-state index contributed by atoms with van der Waals surface area (Å²) in [5.74, 6) is -0.0403. The summed E-state index contributed by atoms with van der Waals surface area (Å²) in [7, 11) is 0. The number of hydrogen-bond acceptors (Lipinski definition) is 3. The Morgan fingerprint density at radius 3 is 2.19 bits per heavy atom. The molecule has 0 aromatic heterocycles. The van der Waals surface area contributed by atoms with E-state index in [9.17, 15) is 4.79 Å². The number of Topliss-reactive ketones (excluding diaryl/α,β-unsaturated/α-hetero) is 1. The fourth-order valence-corrected chi connectivity index (χ4v) is 2.48. The van der Waals surface area contributed by atoms with E-state index in [0.717, 1.165) is 37.1 Å². The number of nitrogens with zero attached hydrogens (tertiary/aromatic N) is 2. The van der Waals surface area contributed by atoms with Gasteiger partial charge in [0.05, 0.1) is 6.21 Å². The maximum absolute atomic E-state index is 12.1. The van der Waals surface area contributed by atoms with Crippen molar-refractivity contribution in [3.8, 4) is 11.1 Å². The van der Waals surface area contributed by atoms with Crippen molar-refractivity contribution in [2.75, 3.05) is 13.1 Å². The molecule has 1 aliphatic rings. The zero-order valence-corrected chi connectivity index (χ0v) is 11.9. The Morgan fingerprint density at radius 1 is 0.905 bits per heavy atom. The summed E-state index contributed by atoms with van der Waals surface area (Å²) < 4.78 is 0. The third-order valence-corrected chi connectivity index (χ3v) is 3.70. The summed E-state index contributed by atoms with van der Waals surface area (Å²) in [4.78, 5) is 12.1. The molecule has 0 radical (unpaired) electrons. The summed E-state index contributed by atoms with van der Waals surface area (Å²) in [6, 6.07) is 17.8. The molecule has 0 spiro atoms. The first kappa shape index (κ1) is 13.6. The van der Waals surface area contributed by atoms with Gasteiger partial charge in [-0.3, -0.25) is 9.80 Å². The van der Waals surface area contributed by atoms with E-state index in [1.807, 2.05) is 47.5 Å². The van der Waals surface area contributed by atoms with Crippen LogP contribution in [0.2, 0.25) is 0 Å². The average molecular weight is 278 g/mol. The lowest BCUT2D eigenvalue weighted by Crippen LogP contribution is -2.13. The van der Waals surface area contributed by atoms with Gasteiger partial charge in [0.15, 0.2) is 0 Å². The van der Waals surface area contributed by atoms with E-state index in [2.05, 4.69) is 17.2 Å². The maximum atomic E-state index is 12.1. The first-order valence-corrected chi connectivity index (χ1v) is 7.32. The van der Waals surface area contributed by atoms with Crippen molar-refractivity contribution in [3.63, 3.8) is 0 Å². The molecule has 1 heterocycles. The second kappa shape index (κ2) is 6.35. The summed E-state index contributed by atoms with van der Waals surface area (Å²) in [5, 5.41) is 6.19. The van der Waals surface area contributed by atoms with Crippen molar-refractivity contribution in [2.24, 2.45) is 5.10 Å². The number of benzene rings is 2. The van der Waals surface area contributed by atoms with Crippen molar-refractivity contribution >= 4 is 12.0 Å². The molecule has 3 nitrogen and oxygen atoms in total. The highest BCUT2D eigenvalue weighted by Gasteiger charge is 2.09. The highest BCUT2D eigenvalue weighted by Crippen LogP contribution is 2.19. The number of carbonyl (C=O) groups is 1. The van der Waals surface area contributed by atoms with Crippen LogP contribution in [-0.4, -0.2) is 30.1 Å². The first-order valence-electron chi connectivity index (χ1n) is 7.32. The molecular weight excluding hydrogens is 260 g/mol. The van der Waals surface area contributed by atoms with Crippen LogP contribution in [0.25, 0.3) is 11.1 Å². The molecule has 21 heavy (non-hydrogen) atoms. The predicted octanol–water partition coefficient (Wildman–Crippen LogP) is 3.62. The number of carbonyl (C=O) groups excluding carboxylic acids is 1. The normalized spacial score (nSPS) is 14.8. The third-order valence-electron chi connectivity index (χ3n) is 3.70. The van der Waals surface area contributed by atoms with Crippen LogP contribution in [0.15, 0.2) is 59.7 Å². The van der Waals surface area contributed by atoms with E-state index in [0.29, 0.717) is 5.56 Å². The quantitative estimate of drug-likeness (QED) is 0.632. The molecule has 1 saturated heterocycles. The second-order valence-corrected chi connectivity index (χ2v) is 5.21. The number of hydrogen-bond donors (Lipinski definition) is 0. The van der Waals surface area contributed by atoms with Crippen LogP contribution in [0.5, 0.6) is 0 Å². The van der Waals surface area contributed by atoms with Crippen LogP contribution in [0.3, 0.4) is 0 Å². The monoisotopic (exact) mass is 278 g/mol. The highest BCUT2D eigenvalue weighted by atomic mass is 16.1. The van der Waals surface area contributed by atoms with Crippen molar-refractivity contribution in [1.29, 1.82) is 0 Å². The molecule has 1 aliphatic heterocycles. The van der Waals surface area contributed by atoms with E-state index in [1.165, 1.54) is 6.21 Å². The zero-order chi connectivity index (χ0) is 14.5. The van der Waals surface area contributed by atoms with Gasteiger partial charge in [-0.25, -0.2) is 0 Å². The number of hydrazone groups is 1. The molecule has 0 aliphatic carbocycles. The lowest BCUT2D eigenvalue weighted by molar-refractivity contribution is 0.106. The Labute approximate surface area is 124 Å². The summed E-state index contributed by atoms with van der Waals surface area (Å²) >= 11 is 0. The van der Waals surface area contributed by atoms with E-state index in [1.54, 1.807) is 0 Å².